The zero-order valence-electron chi connectivity index (χ0n) is 9.90. The Bertz CT molecular complexity index is 445. The van der Waals surface area contributed by atoms with Crippen LogP contribution in [0.3, 0.4) is 0 Å². The Balaban J connectivity index is 2.35. The lowest BCUT2D eigenvalue weighted by atomic mass is 10.1. The summed E-state index contributed by atoms with van der Waals surface area (Å²) >= 11 is 0. The van der Waals surface area contributed by atoms with Crippen molar-refractivity contribution in [3.63, 3.8) is 0 Å². The Hall–Kier alpha value is -0.980. The molecule has 1 atom stereocenters. The second-order valence-electron chi connectivity index (χ2n) is 3.89. The summed E-state index contributed by atoms with van der Waals surface area (Å²) in [5, 5.41) is 3.14. The van der Waals surface area contributed by atoms with E-state index in [0.717, 1.165) is 11.8 Å². The lowest BCUT2D eigenvalue weighted by molar-refractivity contribution is 0.555. The van der Waals surface area contributed by atoms with Gasteiger partial charge in [0.05, 0.1) is 6.26 Å². The van der Waals surface area contributed by atoms with Gasteiger partial charge < -0.3 is 5.32 Å². The van der Waals surface area contributed by atoms with E-state index in [1.165, 1.54) is 12.1 Å². The lowest BCUT2D eigenvalue weighted by Crippen LogP contribution is -2.32. The summed E-state index contributed by atoms with van der Waals surface area (Å²) in [7, 11) is -3.13. The highest BCUT2D eigenvalue weighted by Crippen LogP contribution is 2.11. The predicted molar refractivity (Wildman–Crippen MR) is 65.7 cm³/mol. The highest BCUT2D eigenvalue weighted by atomic mass is 32.2. The highest BCUT2D eigenvalue weighted by molar-refractivity contribution is 7.88. The molecule has 17 heavy (non-hydrogen) atoms. The van der Waals surface area contributed by atoms with Gasteiger partial charge in [0.25, 0.3) is 0 Å². The van der Waals surface area contributed by atoms with Crippen LogP contribution < -0.4 is 10.0 Å². The predicted octanol–water partition coefficient (Wildman–Crippen LogP) is 1.03. The van der Waals surface area contributed by atoms with Gasteiger partial charge in [-0.25, -0.2) is 17.5 Å². The van der Waals surface area contributed by atoms with Gasteiger partial charge >= 0.3 is 0 Å². The molecule has 0 aromatic heterocycles. The quantitative estimate of drug-likeness (QED) is 0.751. The molecule has 1 aromatic rings. The summed E-state index contributed by atoms with van der Waals surface area (Å²) in [6.07, 6.45) is 1.12. The molecular weight excluding hydrogens is 243 g/mol. The first-order chi connectivity index (χ1) is 7.88. The van der Waals surface area contributed by atoms with Crippen LogP contribution in [0.4, 0.5) is 4.39 Å². The number of sulfonamides is 1. The lowest BCUT2D eigenvalue weighted by Gasteiger charge is -2.14. The summed E-state index contributed by atoms with van der Waals surface area (Å²) in [4.78, 5) is 0. The normalized spacial score (nSPS) is 13.6. The third-order valence-electron chi connectivity index (χ3n) is 2.31. The van der Waals surface area contributed by atoms with E-state index in [2.05, 4.69) is 10.0 Å². The van der Waals surface area contributed by atoms with Gasteiger partial charge in [-0.1, -0.05) is 12.1 Å². The standard InChI is InChI=1S/C11H17FN2O2S/c1-9(10-3-5-11(12)6-4-10)13-7-8-14-17(2,15)16/h3-6,9,13-14H,7-8H2,1-2H3. The average molecular weight is 260 g/mol. The zero-order valence-corrected chi connectivity index (χ0v) is 10.7. The Morgan fingerprint density at radius 3 is 2.35 bits per heavy atom. The second kappa shape index (κ2) is 6.09. The van der Waals surface area contributed by atoms with Crippen LogP contribution in [-0.4, -0.2) is 27.8 Å². The van der Waals surface area contributed by atoms with E-state index < -0.39 is 10.0 Å². The van der Waals surface area contributed by atoms with E-state index in [1.807, 2.05) is 6.92 Å². The van der Waals surface area contributed by atoms with Crippen molar-refractivity contribution < 1.29 is 12.8 Å². The van der Waals surface area contributed by atoms with E-state index in [9.17, 15) is 12.8 Å². The first kappa shape index (κ1) is 14.1. The van der Waals surface area contributed by atoms with Crippen molar-refractivity contribution >= 4 is 10.0 Å². The van der Waals surface area contributed by atoms with Crippen LogP contribution >= 0.6 is 0 Å². The van der Waals surface area contributed by atoms with Crippen LogP contribution in [-0.2, 0) is 10.0 Å². The van der Waals surface area contributed by atoms with Gasteiger partial charge in [0.15, 0.2) is 0 Å². The molecule has 0 aliphatic heterocycles. The molecule has 0 saturated carbocycles. The SMILES string of the molecule is CC(NCCNS(C)(=O)=O)c1ccc(F)cc1. The third-order valence-corrected chi connectivity index (χ3v) is 3.04. The van der Waals surface area contributed by atoms with Gasteiger partial charge in [0, 0.05) is 19.1 Å². The third kappa shape index (κ3) is 5.76. The largest absolute Gasteiger partial charge is 0.309 e. The summed E-state index contributed by atoms with van der Waals surface area (Å²) < 4.78 is 36.7. The molecule has 1 unspecified atom stereocenters. The minimum absolute atomic E-state index is 0.0527. The van der Waals surface area contributed by atoms with Crippen LogP contribution in [0.2, 0.25) is 0 Å². The number of nitrogens with one attached hydrogen (secondary N) is 2. The van der Waals surface area contributed by atoms with Crippen molar-refractivity contribution in [2.45, 2.75) is 13.0 Å². The molecule has 0 heterocycles. The Kier molecular flexibility index (Phi) is 5.04. The smallest absolute Gasteiger partial charge is 0.208 e. The molecule has 0 spiro atoms. The van der Waals surface area contributed by atoms with Gasteiger partial charge in [-0.15, -0.1) is 0 Å². The number of hydrogen-bond acceptors (Lipinski definition) is 3. The van der Waals surface area contributed by atoms with Crippen molar-refractivity contribution in [1.29, 1.82) is 0 Å². The minimum atomic E-state index is -3.13. The Morgan fingerprint density at radius 1 is 1.24 bits per heavy atom. The molecule has 6 heteroatoms. The molecule has 1 rings (SSSR count). The van der Waals surface area contributed by atoms with Gasteiger partial charge in [-0.05, 0) is 24.6 Å². The van der Waals surface area contributed by atoms with Crippen molar-refractivity contribution in [1.82, 2.24) is 10.0 Å². The fourth-order valence-corrected chi connectivity index (χ4v) is 1.87. The molecule has 0 aliphatic carbocycles. The molecule has 1 aromatic carbocycles. The van der Waals surface area contributed by atoms with Crippen molar-refractivity contribution in [3.05, 3.63) is 35.6 Å². The number of halogens is 1. The topological polar surface area (TPSA) is 58.2 Å². The van der Waals surface area contributed by atoms with Crippen LogP contribution in [0.25, 0.3) is 0 Å². The van der Waals surface area contributed by atoms with Gasteiger partial charge in [-0.3, -0.25) is 0 Å². The molecule has 0 amide bonds. The highest BCUT2D eigenvalue weighted by Gasteiger charge is 2.05. The van der Waals surface area contributed by atoms with Crippen molar-refractivity contribution in [3.8, 4) is 0 Å². The number of hydrogen-bond donors (Lipinski definition) is 2. The summed E-state index contributed by atoms with van der Waals surface area (Å²) in [6.45, 7) is 2.80. The maximum absolute atomic E-state index is 12.7. The van der Waals surface area contributed by atoms with Crippen LogP contribution in [0.5, 0.6) is 0 Å². The molecule has 2 N–H and O–H groups in total. The Labute approximate surface area is 101 Å². The summed E-state index contributed by atoms with van der Waals surface area (Å²) in [5.74, 6) is -0.264. The molecule has 0 saturated heterocycles. The van der Waals surface area contributed by atoms with Crippen molar-refractivity contribution in [2.75, 3.05) is 19.3 Å². The average Bonchev–Trinajstić information content (AvgIpc) is 2.24. The van der Waals surface area contributed by atoms with Crippen LogP contribution in [0.15, 0.2) is 24.3 Å². The first-order valence-corrected chi connectivity index (χ1v) is 7.21. The van der Waals surface area contributed by atoms with Crippen LogP contribution in [0, 0.1) is 5.82 Å². The van der Waals surface area contributed by atoms with E-state index >= 15 is 0 Å². The molecule has 0 aliphatic rings. The molecular formula is C11H17FN2O2S. The number of benzene rings is 1. The Morgan fingerprint density at radius 2 is 1.82 bits per heavy atom. The first-order valence-electron chi connectivity index (χ1n) is 5.32. The minimum Gasteiger partial charge on any atom is -0.309 e. The maximum Gasteiger partial charge on any atom is 0.208 e. The monoisotopic (exact) mass is 260 g/mol. The summed E-state index contributed by atoms with van der Waals surface area (Å²) in [6, 6.07) is 6.27. The second-order valence-corrected chi connectivity index (χ2v) is 5.73. The maximum atomic E-state index is 12.7. The van der Waals surface area contributed by atoms with Gasteiger partial charge in [0.2, 0.25) is 10.0 Å². The summed E-state index contributed by atoms with van der Waals surface area (Å²) in [5.41, 5.74) is 0.964. The fraction of sp³-hybridized carbons (Fsp3) is 0.455. The molecule has 0 bridgehead atoms. The van der Waals surface area contributed by atoms with Crippen LogP contribution in [0.1, 0.15) is 18.5 Å². The molecule has 0 fully saturated rings. The number of rotatable bonds is 6. The van der Waals surface area contributed by atoms with Gasteiger partial charge in [-0.2, -0.15) is 0 Å². The van der Waals surface area contributed by atoms with E-state index in [1.54, 1.807) is 12.1 Å². The van der Waals surface area contributed by atoms with Crippen molar-refractivity contribution in [2.24, 2.45) is 0 Å². The zero-order chi connectivity index (χ0) is 12.9. The van der Waals surface area contributed by atoms with Gasteiger partial charge in [0.1, 0.15) is 5.82 Å². The molecule has 96 valence electrons. The molecule has 4 nitrogen and oxygen atoms in total. The molecule has 0 radical (unpaired) electrons. The fourth-order valence-electron chi connectivity index (χ4n) is 1.39. The van der Waals surface area contributed by atoms with E-state index in [-0.39, 0.29) is 11.9 Å². The van der Waals surface area contributed by atoms with E-state index in [0.29, 0.717) is 13.1 Å². The van der Waals surface area contributed by atoms with E-state index in [4.69, 9.17) is 0 Å².